The van der Waals surface area contributed by atoms with Crippen molar-refractivity contribution in [2.75, 3.05) is 18.4 Å². The monoisotopic (exact) mass is 415 g/mol. The van der Waals surface area contributed by atoms with Gasteiger partial charge < -0.3 is 15.5 Å². The van der Waals surface area contributed by atoms with Crippen molar-refractivity contribution >= 4 is 23.4 Å². The molecule has 1 fully saturated rings. The zero-order valence-electron chi connectivity index (χ0n) is 18.9. The molecule has 0 saturated carbocycles. The highest BCUT2D eigenvalue weighted by Crippen LogP contribution is 2.21. The molecule has 1 heterocycles. The standard InChI is InChI=1S/C24H37N3O3/c1-5-6-14-27-16-20(15-22(27)28)24(30)26-21-12-10-19(11-13-21)23(29)25-18(4)9-7-8-17(2)3/h10-13,17-18,20H,5-9,14-16H2,1-4H3,(H,25,29)(H,26,30). The van der Waals surface area contributed by atoms with Crippen molar-refractivity contribution < 1.29 is 14.4 Å². The molecule has 1 aromatic carbocycles. The highest BCUT2D eigenvalue weighted by atomic mass is 16.2. The minimum absolute atomic E-state index is 0.0538. The number of amides is 3. The first-order valence-electron chi connectivity index (χ1n) is 11.3. The lowest BCUT2D eigenvalue weighted by Gasteiger charge is -2.16. The van der Waals surface area contributed by atoms with E-state index >= 15 is 0 Å². The summed E-state index contributed by atoms with van der Waals surface area (Å²) in [7, 11) is 0. The second kappa shape index (κ2) is 11.7. The number of carbonyl (C=O) groups is 3. The Morgan fingerprint density at radius 3 is 2.43 bits per heavy atom. The van der Waals surface area contributed by atoms with Gasteiger partial charge in [-0.25, -0.2) is 0 Å². The van der Waals surface area contributed by atoms with Gasteiger partial charge in [0, 0.05) is 36.8 Å². The quantitative estimate of drug-likeness (QED) is 0.568. The number of hydrogen-bond donors (Lipinski definition) is 2. The fraction of sp³-hybridized carbons (Fsp3) is 0.625. The molecule has 1 saturated heterocycles. The number of unbranched alkanes of at least 4 members (excludes halogenated alkanes) is 1. The Bertz CT molecular complexity index is 715. The van der Waals surface area contributed by atoms with E-state index in [1.165, 1.54) is 0 Å². The highest BCUT2D eigenvalue weighted by Gasteiger charge is 2.33. The third kappa shape index (κ3) is 7.47. The van der Waals surface area contributed by atoms with Gasteiger partial charge >= 0.3 is 0 Å². The number of nitrogens with one attached hydrogen (secondary N) is 2. The number of benzene rings is 1. The lowest BCUT2D eigenvalue weighted by molar-refractivity contribution is -0.128. The van der Waals surface area contributed by atoms with Crippen LogP contribution < -0.4 is 10.6 Å². The van der Waals surface area contributed by atoms with Gasteiger partial charge in [0.2, 0.25) is 11.8 Å². The second-order valence-corrected chi connectivity index (χ2v) is 8.86. The van der Waals surface area contributed by atoms with Gasteiger partial charge in [-0.1, -0.05) is 40.0 Å². The van der Waals surface area contributed by atoms with Crippen LogP contribution >= 0.6 is 0 Å². The smallest absolute Gasteiger partial charge is 0.251 e. The van der Waals surface area contributed by atoms with E-state index < -0.39 is 0 Å². The van der Waals surface area contributed by atoms with Gasteiger partial charge in [-0.15, -0.1) is 0 Å². The van der Waals surface area contributed by atoms with E-state index in [2.05, 4.69) is 31.4 Å². The summed E-state index contributed by atoms with van der Waals surface area (Å²) in [6, 6.07) is 7.05. The van der Waals surface area contributed by atoms with Gasteiger partial charge in [0.1, 0.15) is 0 Å². The van der Waals surface area contributed by atoms with Gasteiger partial charge in [0.05, 0.1) is 5.92 Å². The summed E-state index contributed by atoms with van der Waals surface area (Å²) in [6.45, 7) is 9.73. The maximum absolute atomic E-state index is 12.5. The molecule has 166 valence electrons. The van der Waals surface area contributed by atoms with Crippen LogP contribution in [-0.2, 0) is 9.59 Å². The third-order valence-corrected chi connectivity index (χ3v) is 5.58. The van der Waals surface area contributed by atoms with Crippen molar-refractivity contribution in [3.8, 4) is 0 Å². The number of anilines is 1. The molecule has 0 aromatic heterocycles. The molecule has 1 aliphatic rings. The van der Waals surface area contributed by atoms with Crippen molar-refractivity contribution in [3.05, 3.63) is 29.8 Å². The van der Waals surface area contributed by atoms with Crippen LogP contribution in [0.25, 0.3) is 0 Å². The van der Waals surface area contributed by atoms with E-state index in [-0.39, 0.29) is 36.1 Å². The molecule has 6 heteroatoms. The summed E-state index contributed by atoms with van der Waals surface area (Å²) >= 11 is 0. The summed E-state index contributed by atoms with van der Waals surface area (Å²) in [6.07, 6.45) is 5.48. The fourth-order valence-electron chi connectivity index (χ4n) is 3.67. The molecular formula is C24H37N3O3. The van der Waals surface area contributed by atoms with Crippen molar-refractivity contribution in [2.45, 2.75) is 72.3 Å². The Balaban J connectivity index is 1.82. The molecule has 1 aromatic rings. The van der Waals surface area contributed by atoms with Crippen LogP contribution in [0.1, 0.15) is 76.6 Å². The van der Waals surface area contributed by atoms with E-state index in [9.17, 15) is 14.4 Å². The van der Waals surface area contributed by atoms with Crippen molar-refractivity contribution in [1.29, 1.82) is 0 Å². The van der Waals surface area contributed by atoms with Gasteiger partial charge in [0.15, 0.2) is 0 Å². The molecule has 2 atom stereocenters. The molecule has 2 rings (SSSR count). The molecule has 6 nitrogen and oxygen atoms in total. The Morgan fingerprint density at radius 1 is 1.10 bits per heavy atom. The van der Waals surface area contributed by atoms with Crippen molar-refractivity contribution in [2.24, 2.45) is 11.8 Å². The summed E-state index contributed by atoms with van der Waals surface area (Å²) < 4.78 is 0. The highest BCUT2D eigenvalue weighted by molar-refractivity contribution is 5.98. The zero-order chi connectivity index (χ0) is 22.1. The molecule has 0 radical (unpaired) electrons. The topological polar surface area (TPSA) is 78.5 Å². The Labute approximate surface area is 180 Å². The summed E-state index contributed by atoms with van der Waals surface area (Å²) in [4.78, 5) is 38.8. The van der Waals surface area contributed by atoms with Crippen LogP contribution in [0.15, 0.2) is 24.3 Å². The second-order valence-electron chi connectivity index (χ2n) is 8.86. The predicted molar refractivity (Wildman–Crippen MR) is 120 cm³/mol. The third-order valence-electron chi connectivity index (χ3n) is 5.58. The minimum atomic E-state index is -0.316. The molecule has 30 heavy (non-hydrogen) atoms. The van der Waals surface area contributed by atoms with Gasteiger partial charge in [0.25, 0.3) is 5.91 Å². The average molecular weight is 416 g/mol. The fourth-order valence-corrected chi connectivity index (χ4v) is 3.67. The van der Waals surface area contributed by atoms with Crippen molar-refractivity contribution in [1.82, 2.24) is 10.2 Å². The van der Waals surface area contributed by atoms with E-state index in [1.54, 1.807) is 29.2 Å². The van der Waals surface area contributed by atoms with Gasteiger partial charge in [-0.05, 0) is 49.9 Å². The van der Waals surface area contributed by atoms with E-state index in [1.807, 2.05) is 6.92 Å². The van der Waals surface area contributed by atoms with E-state index in [0.717, 1.165) is 38.6 Å². The first kappa shape index (κ1) is 23.9. The van der Waals surface area contributed by atoms with Crippen LogP contribution in [0.4, 0.5) is 5.69 Å². The van der Waals surface area contributed by atoms with Crippen molar-refractivity contribution in [3.63, 3.8) is 0 Å². The number of carbonyl (C=O) groups excluding carboxylic acids is 3. The largest absolute Gasteiger partial charge is 0.350 e. The maximum Gasteiger partial charge on any atom is 0.251 e. The van der Waals surface area contributed by atoms with Gasteiger partial charge in [-0.2, -0.15) is 0 Å². The normalized spacial score (nSPS) is 17.3. The Morgan fingerprint density at radius 2 is 1.80 bits per heavy atom. The van der Waals surface area contributed by atoms with Crippen LogP contribution in [-0.4, -0.2) is 41.8 Å². The molecule has 3 amide bonds. The molecule has 1 aliphatic heterocycles. The number of likely N-dealkylation sites (tertiary alicyclic amines) is 1. The lowest BCUT2D eigenvalue weighted by Crippen LogP contribution is -2.32. The molecule has 0 spiro atoms. The van der Waals surface area contributed by atoms with Crippen LogP contribution in [0.3, 0.4) is 0 Å². The minimum Gasteiger partial charge on any atom is -0.350 e. The SMILES string of the molecule is CCCCN1CC(C(=O)Nc2ccc(C(=O)NC(C)CCCC(C)C)cc2)CC1=O. The zero-order valence-corrected chi connectivity index (χ0v) is 18.9. The summed E-state index contributed by atoms with van der Waals surface area (Å²) in [5.41, 5.74) is 1.21. The first-order valence-corrected chi connectivity index (χ1v) is 11.3. The summed E-state index contributed by atoms with van der Waals surface area (Å²) in [5.74, 6) is 0.177. The summed E-state index contributed by atoms with van der Waals surface area (Å²) in [5, 5.41) is 5.91. The van der Waals surface area contributed by atoms with E-state index in [4.69, 9.17) is 0 Å². The molecular weight excluding hydrogens is 378 g/mol. The van der Waals surface area contributed by atoms with E-state index in [0.29, 0.717) is 23.7 Å². The molecule has 2 unspecified atom stereocenters. The van der Waals surface area contributed by atoms with Crippen LogP contribution in [0, 0.1) is 11.8 Å². The average Bonchev–Trinajstić information content (AvgIpc) is 3.07. The molecule has 0 bridgehead atoms. The molecule has 2 N–H and O–H groups in total. The Hall–Kier alpha value is -2.37. The van der Waals surface area contributed by atoms with Crippen LogP contribution in [0.5, 0.6) is 0 Å². The number of rotatable bonds is 11. The first-order chi connectivity index (χ1) is 14.3. The predicted octanol–water partition coefficient (Wildman–Crippen LogP) is 4.22. The number of nitrogens with zero attached hydrogens (tertiary/aromatic N) is 1. The Kier molecular flexibility index (Phi) is 9.34. The number of hydrogen-bond acceptors (Lipinski definition) is 3. The maximum atomic E-state index is 12.5. The van der Waals surface area contributed by atoms with Gasteiger partial charge in [-0.3, -0.25) is 14.4 Å². The lowest BCUT2D eigenvalue weighted by atomic mass is 10.0. The molecule has 0 aliphatic carbocycles. The van der Waals surface area contributed by atoms with Crippen LogP contribution in [0.2, 0.25) is 0 Å².